The van der Waals surface area contributed by atoms with E-state index in [0.717, 1.165) is 6.04 Å². The van der Waals surface area contributed by atoms with Crippen molar-refractivity contribution >= 4 is 0 Å². The van der Waals surface area contributed by atoms with Gasteiger partial charge < -0.3 is 4.48 Å². The molecule has 13 heavy (non-hydrogen) atoms. The van der Waals surface area contributed by atoms with Crippen molar-refractivity contribution in [2.45, 2.75) is 39.2 Å². The van der Waals surface area contributed by atoms with Gasteiger partial charge in [-0.15, -0.1) is 0 Å². The first-order valence-electron chi connectivity index (χ1n) is 5.89. The van der Waals surface area contributed by atoms with E-state index < -0.39 is 0 Å². The molecule has 1 unspecified atom stereocenters. The van der Waals surface area contributed by atoms with E-state index in [1.165, 1.54) is 56.6 Å². The van der Waals surface area contributed by atoms with Crippen LogP contribution in [0.3, 0.4) is 0 Å². The van der Waals surface area contributed by atoms with Gasteiger partial charge in [0.2, 0.25) is 0 Å². The van der Waals surface area contributed by atoms with E-state index in [1.54, 1.807) is 0 Å². The number of nitrogens with zero attached hydrogens (tertiary/aromatic N) is 2. The molecule has 76 valence electrons. The van der Waals surface area contributed by atoms with Crippen LogP contribution in [0, 0.1) is 0 Å². The minimum atomic E-state index is 0.947. The van der Waals surface area contributed by atoms with Crippen molar-refractivity contribution in [2.75, 3.05) is 32.8 Å². The van der Waals surface area contributed by atoms with Crippen LogP contribution in [0.15, 0.2) is 0 Å². The Morgan fingerprint density at radius 2 is 1.92 bits per heavy atom. The summed E-state index contributed by atoms with van der Waals surface area (Å²) in [6.07, 6.45) is 4.30. The Hall–Kier alpha value is -0.0800. The molecular formula is C11H23N2+. The molecule has 0 radical (unpaired) electrons. The molecule has 0 aromatic rings. The largest absolute Gasteiger partial charge is 0.308 e. The zero-order valence-corrected chi connectivity index (χ0v) is 9.13. The fraction of sp³-hybridized carbons (Fsp3) is 1.00. The van der Waals surface area contributed by atoms with Gasteiger partial charge in [0.15, 0.2) is 0 Å². The van der Waals surface area contributed by atoms with Gasteiger partial charge in [-0.05, 0) is 6.42 Å². The van der Waals surface area contributed by atoms with Crippen molar-refractivity contribution in [3.8, 4) is 0 Å². The number of rotatable bonds is 2. The molecule has 2 aliphatic rings. The molecule has 1 spiro atoms. The first-order valence-corrected chi connectivity index (χ1v) is 5.89. The summed E-state index contributed by atoms with van der Waals surface area (Å²) in [6, 6.07) is 0.947. The van der Waals surface area contributed by atoms with Crippen molar-refractivity contribution in [3.05, 3.63) is 0 Å². The number of likely N-dealkylation sites (N-methyl/N-ethyl adjacent to an activating group) is 1. The van der Waals surface area contributed by atoms with E-state index in [2.05, 4.69) is 18.7 Å². The van der Waals surface area contributed by atoms with Gasteiger partial charge >= 0.3 is 0 Å². The van der Waals surface area contributed by atoms with E-state index in [4.69, 9.17) is 0 Å². The highest BCUT2D eigenvalue weighted by molar-refractivity contribution is 4.74. The predicted octanol–water partition coefficient (Wildman–Crippen LogP) is 1.67. The topological polar surface area (TPSA) is 3.24 Å². The maximum Gasteiger partial charge on any atom is 0.135 e. The molecule has 0 aromatic carbocycles. The lowest BCUT2D eigenvalue weighted by atomic mass is 10.2. The average molecular weight is 183 g/mol. The van der Waals surface area contributed by atoms with E-state index >= 15 is 0 Å². The Balaban J connectivity index is 2.08. The summed E-state index contributed by atoms with van der Waals surface area (Å²) in [7, 11) is 0. The summed E-state index contributed by atoms with van der Waals surface area (Å²) >= 11 is 0. The van der Waals surface area contributed by atoms with E-state index in [-0.39, 0.29) is 0 Å². The zero-order valence-electron chi connectivity index (χ0n) is 9.13. The number of quaternary nitrogens is 1. The molecule has 2 nitrogen and oxygen atoms in total. The maximum absolute atomic E-state index is 2.64. The molecule has 0 aliphatic carbocycles. The molecule has 0 aromatic heterocycles. The van der Waals surface area contributed by atoms with Crippen LogP contribution in [0.2, 0.25) is 0 Å². The third kappa shape index (κ3) is 1.50. The lowest BCUT2D eigenvalue weighted by molar-refractivity contribution is -0.931. The molecule has 2 heterocycles. The zero-order chi connectivity index (χ0) is 9.31. The molecule has 0 saturated carbocycles. The summed E-state index contributed by atoms with van der Waals surface area (Å²) in [5.41, 5.74) is 0. The molecule has 2 heteroatoms. The van der Waals surface area contributed by atoms with Crippen LogP contribution in [-0.2, 0) is 0 Å². The van der Waals surface area contributed by atoms with Gasteiger partial charge in [0.25, 0.3) is 0 Å². The van der Waals surface area contributed by atoms with Crippen LogP contribution in [0.5, 0.6) is 0 Å². The molecule has 0 bridgehead atoms. The van der Waals surface area contributed by atoms with Gasteiger partial charge in [0.1, 0.15) is 12.7 Å². The highest BCUT2D eigenvalue weighted by Crippen LogP contribution is 2.31. The second kappa shape index (κ2) is 3.58. The first-order chi connectivity index (χ1) is 6.30. The lowest BCUT2D eigenvalue weighted by Gasteiger charge is -2.34. The fourth-order valence-electron chi connectivity index (χ4n) is 3.26. The van der Waals surface area contributed by atoms with Crippen LogP contribution in [0.1, 0.15) is 33.1 Å². The molecule has 2 rings (SSSR count). The molecule has 2 fully saturated rings. The van der Waals surface area contributed by atoms with Crippen molar-refractivity contribution in [1.29, 1.82) is 0 Å². The molecule has 1 atom stereocenters. The second-order valence-corrected chi connectivity index (χ2v) is 4.75. The Kier molecular flexibility index (Phi) is 2.61. The van der Waals surface area contributed by atoms with Crippen LogP contribution >= 0.6 is 0 Å². The highest BCUT2D eigenvalue weighted by Gasteiger charge is 2.45. The quantitative estimate of drug-likeness (QED) is 0.589. The summed E-state index contributed by atoms with van der Waals surface area (Å²) in [6.45, 7) is 11.5. The van der Waals surface area contributed by atoms with Crippen molar-refractivity contribution < 1.29 is 4.48 Å². The molecule has 0 N–H and O–H groups in total. The van der Waals surface area contributed by atoms with Crippen molar-refractivity contribution in [2.24, 2.45) is 0 Å². The maximum atomic E-state index is 2.64. The Bertz CT molecular complexity index is 173. The number of hydrogen-bond donors (Lipinski definition) is 0. The first kappa shape index (κ1) is 9.47. The van der Waals surface area contributed by atoms with Gasteiger partial charge in [-0.1, -0.05) is 13.8 Å². The standard InChI is InChI=1S/C11H23N2/c1-3-11-9-12(4-2)10-13(11)7-5-6-8-13/h11H,3-10H2,1-2H3/q+1. The summed E-state index contributed by atoms with van der Waals surface area (Å²) in [5, 5.41) is 0. The number of hydrogen-bond acceptors (Lipinski definition) is 1. The average Bonchev–Trinajstić information content (AvgIpc) is 2.74. The van der Waals surface area contributed by atoms with Crippen LogP contribution < -0.4 is 0 Å². The van der Waals surface area contributed by atoms with Gasteiger partial charge in [-0.3, -0.25) is 4.90 Å². The smallest absolute Gasteiger partial charge is 0.135 e. The Morgan fingerprint density at radius 1 is 1.23 bits per heavy atom. The van der Waals surface area contributed by atoms with Crippen LogP contribution in [0.25, 0.3) is 0 Å². The molecule has 2 saturated heterocycles. The monoisotopic (exact) mass is 183 g/mol. The van der Waals surface area contributed by atoms with Crippen molar-refractivity contribution in [3.63, 3.8) is 0 Å². The minimum absolute atomic E-state index is 0.947. The van der Waals surface area contributed by atoms with Crippen molar-refractivity contribution in [1.82, 2.24) is 4.90 Å². The van der Waals surface area contributed by atoms with E-state index in [9.17, 15) is 0 Å². The SMILES string of the molecule is CCC1CN(CC)C[N+]12CCCC2. The molecule has 2 aliphatic heterocycles. The Morgan fingerprint density at radius 3 is 2.46 bits per heavy atom. The second-order valence-electron chi connectivity index (χ2n) is 4.75. The molecule has 0 amide bonds. The van der Waals surface area contributed by atoms with E-state index in [0.29, 0.717) is 0 Å². The fourth-order valence-corrected chi connectivity index (χ4v) is 3.26. The normalized spacial score (nSPS) is 33.2. The molecular weight excluding hydrogens is 160 g/mol. The van der Waals surface area contributed by atoms with Crippen LogP contribution in [0.4, 0.5) is 0 Å². The van der Waals surface area contributed by atoms with Gasteiger partial charge in [0.05, 0.1) is 19.6 Å². The van der Waals surface area contributed by atoms with E-state index in [1.807, 2.05) is 0 Å². The summed E-state index contributed by atoms with van der Waals surface area (Å²) in [4.78, 5) is 2.64. The summed E-state index contributed by atoms with van der Waals surface area (Å²) < 4.78 is 1.43. The minimum Gasteiger partial charge on any atom is -0.308 e. The Labute approximate surface area is 82.1 Å². The van der Waals surface area contributed by atoms with Gasteiger partial charge in [-0.25, -0.2) is 0 Å². The highest BCUT2D eigenvalue weighted by atomic mass is 15.5. The summed E-state index contributed by atoms with van der Waals surface area (Å²) in [5.74, 6) is 0. The van der Waals surface area contributed by atoms with Gasteiger partial charge in [-0.2, -0.15) is 0 Å². The third-order valence-electron chi connectivity index (χ3n) is 4.10. The van der Waals surface area contributed by atoms with Gasteiger partial charge in [0, 0.05) is 19.4 Å². The van der Waals surface area contributed by atoms with Crippen LogP contribution in [-0.4, -0.2) is 48.3 Å². The lowest BCUT2D eigenvalue weighted by Crippen LogP contribution is -2.50. The third-order valence-corrected chi connectivity index (χ3v) is 4.10. The predicted molar refractivity (Wildman–Crippen MR) is 55.4 cm³/mol.